The second-order valence-corrected chi connectivity index (χ2v) is 6.29. The number of amides is 3. The number of rotatable bonds is 5. The number of carbonyl (C=O) groups is 3. The number of carbonyl (C=O) groups excluding carboxylic acids is 3. The van der Waals surface area contributed by atoms with Crippen LogP contribution >= 0.6 is 23.2 Å². The zero-order valence-corrected chi connectivity index (χ0v) is 15.7. The molecule has 0 fully saturated rings. The van der Waals surface area contributed by atoms with Gasteiger partial charge >= 0.3 is 0 Å². The molecule has 0 aliphatic rings. The third-order valence-electron chi connectivity index (χ3n) is 3.41. The average molecular weight is 394 g/mol. The maximum Gasteiger partial charge on any atom is 0.244 e. The number of nitrogens with one attached hydrogen (secondary N) is 2. The SMILES string of the molecule is CC(=O)Nc1ccc(N(CC(=O)Nc2c(Cl)cccc2Cl)C(C)=O)cc1. The molecule has 0 aliphatic heterocycles. The first-order valence-corrected chi connectivity index (χ1v) is 8.43. The topological polar surface area (TPSA) is 78.5 Å². The summed E-state index contributed by atoms with van der Waals surface area (Å²) in [6.45, 7) is 2.55. The quantitative estimate of drug-likeness (QED) is 0.806. The van der Waals surface area contributed by atoms with Crippen molar-refractivity contribution in [2.75, 3.05) is 22.1 Å². The molecule has 2 N–H and O–H groups in total. The summed E-state index contributed by atoms with van der Waals surface area (Å²) in [7, 11) is 0. The summed E-state index contributed by atoms with van der Waals surface area (Å²) in [6, 6.07) is 11.5. The Kier molecular flexibility index (Phi) is 6.60. The number of anilines is 3. The summed E-state index contributed by atoms with van der Waals surface area (Å²) in [5.74, 6) is -0.948. The fourth-order valence-electron chi connectivity index (χ4n) is 2.25. The van der Waals surface area contributed by atoms with Crippen LogP contribution in [0.25, 0.3) is 0 Å². The Labute approximate surface area is 161 Å². The highest BCUT2D eigenvalue weighted by Crippen LogP contribution is 2.29. The Balaban J connectivity index is 2.14. The molecular formula is C18H17Cl2N3O3. The van der Waals surface area contributed by atoms with E-state index in [2.05, 4.69) is 10.6 Å². The Bertz CT molecular complexity index is 818. The summed E-state index contributed by atoms with van der Waals surface area (Å²) >= 11 is 12.1. The van der Waals surface area contributed by atoms with Crippen molar-refractivity contribution in [1.29, 1.82) is 0 Å². The van der Waals surface area contributed by atoms with Crippen molar-refractivity contribution in [3.05, 3.63) is 52.5 Å². The molecule has 0 saturated carbocycles. The number of hydrogen-bond donors (Lipinski definition) is 2. The fourth-order valence-corrected chi connectivity index (χ4v) is 2.74. The zero-order chi connectivity index (χ0) is 19.3. The molecular weight excluding hydrogens is 377 g/mol. The minimum Gasteiger partial charge on any atom is -0.326 e. The van der Waals surface area contributed by atoms with E-state index in [1.54, 1.807) is 42.5 Å². The molecule has 6 nitrogen and oxygen atoms in total. The summed E-state index contributed by atoms with van der Waals surface area (Å²) in [4.78, 5) is 36.7. The van der Waals surface area contributed by atoms with Crippen molar-refractivity contribution in [3.8, 4) is 0 Å². The van der Waals surface area contributed by atoms with Crippen LogP contribution in [0.3, 0.4) is 0 Å². The number of halogens is 2. The molecule has 0 bridgehead atoms. The smallest absolute Gasteiger partial charge is 0.244 e. The maximum absolute atomic E-state index is 12.3. The Hall–Kier alpha value is -2.57. The van der Waals surface area contributed by atoms with Crippen molar-refractivity contribution >= 4 is 58.0 Å². The van der Waals surface area contributed by atoms with E-state index in [1.165, 1.54) is 18.7 Å². The van der Waals surface area contributed by atoms with Gasteiger partial charge in [-0.2, -0.15) is 0 Å². The maximum atomic E-state index is 12.3. The van der Waals surface area contributed by atoms with Crippen molar-refractivity contribution in [2.24, 2.45) is 0 Å². The van der Waals surface area contributed by atoms with E-state index in [0.29, 0.717) is 27.1 Å². The average Bonchev–Trinajstić information content (AvgIpc) is 2.56. The van der Waals surface area contributed by atoms with Crippen LogP contribution in [0.5, 0.6) is 0 Å². The van der Waals surface area contributed by atoms with Gasteiger partial charge in [-0.05, 0) is 36.4 Å². The zero-order valence-electron chi connectivity index (χ0n) is 14.2. The Morgan fingerprint density at radius 3 is 2.00 bits per heavy atom. The van der Waals surface area contributed by atoms with E-state index >= 15 is 0 Å². The normalized spacial score (nSPS) is 10.2. The molecule has 26 heavy (non-hydrogen) atoms. The van der Waals surface area contributed by atoms with Gasteiger partial charge in [-0.3, -0.25) is 14.4 Å². The Morgan fingerprint density at radius 2 is 1.50 bits per heavy atom. The summed E-state index contributed by atoms with van der Waals surface area (Å²) in [6.07, 6.45) is 0. The van der Waals surface area contributed by atoms with Gasteiger partial charge in [-0.15, -0.1) is 0 Å². The number of nitrogens with zero attached hydrogens (tertiary/aromatic N) is 1. The summed E-state index contributed by atoms with van der Waals surface area (Å²) in [5.41, 5.74) is 1.41. The van der Waals surface area contributed by atoms with Gasteiger partial charge in [0.2, 0.25) is 17.7 Å². The first kappa shape index (κ1) is 19.8. The van der Waals surface area contributed by atoms with E-state index in [0.717, 1.165) is 0 Å². The number of hydrogen-bond acceptors (Lipinski definition) is 3. The molecule has 0 atom stereocenters. The highest BCUT2D eigenvalue weighted by Gasteiger charge is 2.17. The van der Waals surface area contributed by atoms with Gasteiger partial charge in [0.1, 0.15) is 6.54 Å². The number of benzene rings is 2. The van der Waals surface area contributed by atoms with Crippen LogP contribution in [0.1, 0.15) is 13.8 Å². The van der Waals surface area contributed by atoms with Gasteiger partial charge in [-0.1, -0.05) is 29.3 Å². The molecule has 0 radical (unpaired) electrons. The van der Waals surface area contributed by atoms with Gasteiger partial charge in [0.05, 0.1) is 15.7 Å². The van der Waals surface area contributed by atoms with Gasteiger partial charge in [0.25, 0.3) is 0 Å². The molecule has 2 aromatic carbocycles. The molecule has 0 aromatic heterocycles. The molecule has 0 unspecified atom stereocenters. The lowest BCUT2D eigenvalue weighted by Gasteiger charge is -2.21. The van der Waals surface area contributed by atoms with E-state index < -0.39 is 5.91 Å². The van der Waals surface area contributed by atoms with Crippen molar-refractivity contribution in [3.63, 3.8) is 0 Å². The van der Waals surface area contributed by atoms with Crippen LogP contribution in [-0.4, -0.2) is 24.3 Å². The highest BCUT2D eigenvalue weighted by molar-refractivity contribution is 6.39. The van der Waals surface area contributed by atoms with Crippen molar-refractivity contribution in [1.82, 2.24) is 0 Å². The van der Waals surface area contributed by atoms with Crippen LogP contribution in [0.15, 0.2) is 42.5 Å². The Morgan fingerprint density at radius 1 is 0.923 bits per heavy atom. The highest BCUT2D eigenvalue weighted by atomic mass is 35.5. The van der Waals surface area contributed by atoms with Crippen LogP contribution in [-0.2, 0) is 14.4 Å². The van der Waals surface area contributed by atoms with Crippen molar-refractivity contribution < 1.29 is 14.4 Å². The fraction of sp³-hybridized carbons (Fsp3) is 0.167. The lowest BCUT2D eigenvalue weighted by atomic mass is 10.2. The predicted molar refractivity (Wildman–Crippen MR) is 104 cm³/mol. The molecule has 0 heterocycles. The second-order valence-electron chi connectivity index (χ2n) is 5.48. The molecule has 136 valence electrons. The molecule has 8 heteroatoms. The third-order valence-corrected chi connectivity index (χ3v) is 4.04. The summed E-state index contributed by atoms with van der Waals surface area (Å²) in [5, 5.41) is 5.86. The van der Waals surface area contributed by atoms with E-state index in [1.807, 2.05) is 0 Å². The van der Waals surface area contributed by atoms with Crippen LogP contribution in [0.4, 0.5) is 17.1 Å². The second kappa shape index (κ2) is 8.69. The lowest BCUT2D eigenvalue weighted by Crippen LogP contribution is -2.36. The van der Waals surface area contributed by atoms with Crippen LogP contribution < -0.4 is 15.5 Å². The first-order chi connectivity index (χ1) is 12.3. The predicted octanol–water partition coefficient (Wildman–Crippen LogP) is 3.94. The van der Waals surface area contributed by atoms with Gasteiger partial charge < -0.3 is 15.5 Å². The molecule has 3 amide bonds. The molecule has 2 aromatic rings. The largest absolute Gasteiger partial charge is 0.326 e. The minimum atomic E-state index is -0.443. The first-order valence-electron chi connectivity index (χ1n) is 7.67. The van der Waals surface area contributed by atoms with Crippen LogP contribution in [0, 0.1) is 0 Å². The van der Waals surface area contributed by atoms with E-state index in [9.17, 15) is 14.4 Å². The van der Waals surface area contributed by atoms with Gasteiger partial charge in [0.15, 0.2) is 0 Å². The molecule has 0 spiro atoms. The third kappa shape index (κ3) is 5.21. The molecule has 0 aliphatic carbocycles. The number of para-hydroxylation sites is 1. The monoisotopic (exact) mass is 393 g/mol. The standard InChI is InChI=1S/C18H17Cl2N3O3/c1-11(24)21-13-6-8-14(9-7-13)23(12(2)25)10-17(26)22-18-15(19)4-3-5-16(18)20/h3-9H,10H2,1-2H3,(H,21,24)(H,22,26). The summed E-state index contributed by atoms with van der Waals surface area (Å²) < 4.78 is 0. The minimum absolute atomic E-state index is 0.197. The van der Waals surface area contributed by atoms with Crippen molar-refractivity contribution in [2.45, 2.75) is 13.8 Å². The van der Waals surface area contributed by atoms with E-state index in [-0.39, 0.29) is 18.4 Å². The lowest BCUT2D eigenvalue weighted by molar-refractivity contribution is -0.120. The van der Waals surface area contributed by atoms with Crippen LogP contribution in [0.2, 0.25) is 10.0 Å². The molecule has 0 saturated heterocycles. The van der Waals surface area contributed by atoms with E-state index in [4.69, 9.17) is 23.2 Å². The van der Waals surface area contributed by atoms with Gasteiger partial charge in [0, 0.05) is 25.2 Å². The molecule has 2 rings (SSSR count). The van der Waals surface area contributed by atoms with Gasteiger partial charge in [-0.25, -0.2) is 0 Å².